The van der Waals surface area contributed by atoms with E-state index in [1.807, 2.05) is 7.05 Å². The average molecular weight is 304 g/mol. The molecular weight excluding hydrogens is 280 g/mol. The summed E-state index contributed by atoms with van der Waals surface area (Å²) in [7, 11) is 1.87. The van der Waals surface area contributed by atoms with Gasteiger partial charge in [0.05, 0.1) is 5.39 Å². The molecule has 2 aromatic heterocycles. The molecule has 2 aromatic rings. The van der Waals surface area contributed by atoms with E-state index in [0.29, 0.717) is 17.9 Å². The number of fused-ring (bicyclic) bond motifs is 1. The van der Waals surface area contributed by atoms with Crippen LogP contribution in [0.3, 0.4) is 0 Å². The Bertz CT molecular complexity index is 636. The highest BCUT2D eigenvalue weighted by Gasteiger charge is 2.27. The molecule has 114 valence electrons. The smallest absolute Gasteiger partial charge is 0.225 e. The molecule has 3 unspecified atom stereocenters. The van der Waals surface area contributed by atoms with Crippen LogP contribution in [0.2, 0.25) is 0 Å². The quantitative estimate of drug-likeness (QED) is 0.888. The third kappa shape index (κ3) is 2.84. The van der Waals surface area contributed by atoms with E-state index in [-0.39, 0.29) is 0 Å². The summed E-state index contributed by atoms with van der Waals surface area (Å²) in [6.45, 7) is 6.85. The fourth-order valence-corrected chi connectivity index (χ4v) is 4.10. The Balaban J connectivity index is 1.95. The normalized spacial score (nSPS) is 26.0. The molecule has 1 aliphatic carbocycles. The van der Waals surface area contributed by atoms with Gasteiger partial charge in [-0.05, 0) is 31.2 Å². The zero-order valence-electron chi connectivity index (χ0n) is 13.2. The highest BCUT2D eigenvalue weighted by atomic mass is 32.1. The van der Waals surface area contributed by atoms with E-state index in [2.05, 4.69) is 47.4 Å². The van der Waals surface area contributed by atoms with Crippen LogP contribution in [0, 0.1) is 18.8 Å². The SMILES string of the molecule is CNc1nc(NC2CCCC(C)C2C)c2cc(C)sc2n1. The molecule has 2 heterocycles. The van der Waals surface area contributed by atoms with Crippen molar-refractivity contribution in [3.05, 3.63) is 10.9 Å². The lowest BCUT2D eigenvalue weighted by Gasteiger charge is -2.35. The topological polar surface area (TPSA) is 49.8 Å². The van der Waals surface area contributed by atoms with Crippen molar-refractivity contribution in [2.75, 3.05) is 17.7 Å². The van der Waals surface area contributed by atoms with E-state index in [4.69, 9.17) is 0 Å². The van der Waals surface area contributed by atoms with Crippen molar-refractivity contribution in [2.24, 2.45) is 11.8 Å². The Hall–Kier alpha value is -1.36. The first-order valence-corrected chi connectivity index (χ1v) is 8.62. The number of hydrogen-bond donors (Lipinski definition) is 2. The Morgan fingerprint density at radius 1 is 1.24 bits per heavy atom. The van der Waals surface area contributed by atoms with Gasteiger partial charge in [0.1, 0.15) is 10.6 Å². The molecule has 0 aromatic carbocycles. The Morgan fingerprint density at radius 2 is 2.05 bits per heavy atom. The van der Waals surface area contributed by atoms with Gasteiger partial charge in [0.25, 0.3) is 0 Å². The van der Waals surface area contributed by atoms with E-state index >= 15 is 0 Å². The molecule has 0 amide bonds. The molecule has 3 atom stereocenters. The van der Waals surface area contributed by atoms with E-state index in [0.717, 1.165) is 22.0 Å². The number of aryl methyl sites for hydroxylation is 1. The molecule has 1 aliphatic rings. The van der Waals surface area contributed by atoms with Crippen LogP contribution in [0.15, 0.2) is 6.07 Å². The minimum atomic E-state index is 0.511. The second-order valence-electron chi connectivity index (χ2n) is 6.24. The monoisotopic (exact) mass is 304 g/mol. The summed E-state index contributed by atoms with van der Waals surface area (Å²) in [4.78, 5) is 11.6. The predicted molar refractivity (Wildman–Crippen MR) is 91.3 cm³/mol. The van der Waals surface area contributed by atoms with Crippen molar-refractivity contribution in [3.8, 4) is 0 Å². The minimum Gasteiger partial charge on any atom is -0.366 e. The third-order valence-electron chi connectivity index (χ3n) is 4.77. The summed E-state index contributed by atoms with van der Waals surface area (Å²) < 4.78 is 0. The van der Waals surface area contributed by atoms with Crippen molar-refractivity contribution in [3.63, 3.8) is 0 Å². The van der Waals surface area contributed by atoms with Crippen molar-refractivity contribution in [2.45, 2.75) is 46.1 Å². The highest BCUT2D eigenvalue weighted by molar-refractivity contribution is 7.18. The lowest BCUT2D eigenvalue weighted by Crippen LogP contribution is -2.35. The van der Waals surface area contributed by atoms with Crippen molar-refractivity contribution in [1.29, 1.82) is 0 Å². The number of aromatic nitrogens is 2. The van der Waals surface area contributed by atoms with Crippen LogP contribution in [-0.4, -0.2) is 23.1 Å². The van der Waals surface area contributed by atoms with Crippen LogP contribution >= 0.6 is 11.3 Å². The Morgan fingerprint density at radius 3 is 2.81 bits per heavy atom. The fourth-order valence-electron chi connectivity index (χ4n) is 3.23. The number of thiophene rings is 1. The number of rotatable bonds is 3. The van der Waals surface area contributed by atoms with E-state index in [1.165, 1.54) is 24.1 Å². The standard InChI is InChI=1S/C16H24N4S/c1-9-6-5-7-13(11(9)3)18-14-12-8-10(2)21-15(12)20-16(17-4)19-14/h8-9,11,13H,5-7H2,1-4H3,(H2,17,18,19,20). The van der Waals surface area contributed by atoms with Crippen LogP contribution < -0.4 is 10.6 Å². The lowest BCUT2D eigenvalue weighted by atomic mass is 9.78. The minimum absolute atomic E-state index is 0.511. The van der Waals surface area contributed by atoms with Gasteiger partial charge < -0.3 is 10.6 Å². The van der Waals surface area contributed by atoms with E-state index in [9.17, 15) is 0 Å². The maximum Gasteiger partial charge on any atom is 0.225 e. The first kappa shape index (κ1) is 14.6. The molecule has 3 rings (SSSR count). The van der Waals surface area contributed by atoms with Gasteiger partial charge >= 0.3 is 0 Å². The van der Waals surface area contributed by atoms with Gasteiger partial charge in [0.15, 0.2) is 0 Å². The Labute approximate surface area is 130 Å². The molecule has 5 heteroatoms. The maximum absolute atomic E-state index is 4.66. The molecule has 2 N–H and O–H groups in total. The summed E-state index contributed by atoms with van der Waals surface area (Å²) in [5.41, 5.74) is 0. The van der Waals surface area contributed by atoms with Crippen LogP contribution in [0.4, 0.5) is 11.8 Å². The fraction of sp³-hybridized carbons (Fsp3) is 0.625. The van der Waals surface area contributed by atoms with Gasteiger partial charge in [0.2, 0.25) is 5.95 Å². The second kappa shape index (κ2) is 5.79. The molecule has 4 nitrogen and oxygen atoms in total. The zero-order valence-corrected chi connectivity index (χ0v) is 14.0. The first-order valence-electron chi connectivity index (χ1n) is 7.81. The van der Waals surface area contributed by atoms with Crippen LogP contribution in [0.25, 0.3) is 10.2 Å². The van der Waals surface area contributed by atoms with Crippen LogP contribution in [0.1, 0.15) is 38.0 Å². The first-order chi connectivity index (χ1) is 10.1. The van der Waals surface area contributed by atoms with Crippen molar-refractivity contribution >= 4 is 33.3 Å². The summed E-state index contributed by atoms with van der Waals surface area (Å²) >= 11 is 1.73. The largest absolute Gasteiger partial charge is 0.366 e. The van der Waals surface area contributed by atoms with Crippen LogP contribution in [-0.2, 0) is 0 Å². The highest BCUT2D eigenvalue weighted by Crippen LogP contribution is 2.34. The summed E-state index contributed by atoms with van der Waals surface area (Å²) in [6, 6.07) is 2.70. The zero-order chi connectivity index (χ0) is 15.0. The molecule has 0 radical (unpaired) electrons. The molecule has 21 heavy (non-hydrogen) atoms. The van der Waals surface area contributed by atoms with Gasteiger partial charge in [-0.15, -0.1) is 11.3 Å². The number of anilines is 2. The lowest BCUT2D eigenvalue weighted by molar-refractivity contribution is 0.253. The van der Waals surface area contributed by atoms with Gasteiger partial charge in [-0.1, -0.05) is 26.7 Å². The molecule has 0 bridgehead atoms. The van der Waals surface area contributed by atoms with E-state index in [1.54, 1.807) is 11.3 Å². The van der Waals surface area contributed by atoms with Gasteiger partial charge in [-0.25, -0.2) is 4.98 Å². The molecule has 0 saturated heterocycles. The summed E-state index contributed by atoms with van der Waals surface area (Å²) in [5.74, 6) is 3.14. The third-order valence-corrected chi connectivity index (χ3v) is 5.71. The number of nitrogens with one attached hydrogen (secondary N) is 2. The second-order valence-corrected chi connectivity index (χ2v) is 7.47. The van der Waals surface area contributed by atoms with Gasteiger partial charge in [-0.2, -0.15) is 4.98 Å². The summed E-state index contributed by atoms with van der Waals surface area (Å²) in [6.07, 6.45) is 3.88. The van der Waals surface area contributed by atoms with E-state index < -0.39 is 0 Å². The molecular formula is C16H24N4S. The maximum atomic E-state index is 4.66. The average Bonchev–Trinajstić information content (AvgIpc) is 2.84. The van der Waals surface area contributed by atoms with Crippen molar-refractivity contribution < 1.29 is 0 Å². The molecule has 0 spiro atoms. The molecule has 1 saturated carbocycles. The van der Waals surface area contributed by atoms with Gasteiger partial charge in [0, 0.05) is 18.0 Å². The summed E-state index contributed by atoms with van der Waals surface area (Å²) in [5, 5.41) is 7.93. The number of nitrogens with zero attached hydrogens (tertiary/aromatic N) is 2. The number of hydrogen-bond acceptors (Lipinski definition) is 5. The van der Waals surface area contributed by atoms with Crippen molar-refractivity contribution in [1.82, 2.24) is 9.97 Å². The predicted octanol–water partition coefficient (Wildman–Crippen LogP) is 4.28. The molecule has 0 aliphatic heterocycles. The van der Waals surface area contributed by atoms with Gasteiger partial charge in [-0.3, -0.25) is 0 Å². The van der Waals surface area contributed by atoms with Crippen LogP contribution in [0.5, 0.6) is 0 Å². The Kier molecular flexibility index (Phi) is 4.02. The molecule has 1 fully saturated rings.